The van der Waals surface area contributed by atoms with Crippen molar-refractivity contribution >= 4 is 29.3 Å². The second kappa shape index (κ2) is 7.86. The Hall–Kier alpha value is -2.41. The highest BCUT2D eigenvalue weighted by molar-refractivity contribution is 8.00. The summed E-state index contributed by atoms with van der Waals surface area (Å²) in [6.45, 7) is 1.98. The Morgan fingerprint density at radius 2 is 1.85 bits per heavy atom. The number of nitrogens with zero attached hydrogens (tertiary/aromatic N) is 1. The number of thioether (sulfide) groups is 1. The number of anilines is 1. The molecule has 4 nitrogen and oxygen atoms in total. The normalized spacial score (nSPS) is 16.6. The standard InChI is InChI=1S/C19H17F2NO3S/c1-12-9-10-22(15-7-2-3-8-16(15)26-12)17(23)11-25-19(24)18-13(20)5-4-6-14(18)21/h2-8,12H,9-11H2,1H3. The lowest BCUT2D eigenvalue weighted by atomic mass is 10.2. The molecule has 1 aliphatic rings. The van der Waals surface area contributed by atoms with Crippen LogP contribution < -0.4 is 4.90 Å². The van der Waals surface area contributed by atoms with Crippen LogP contribution >= 0.6 is 11.8 Å². The van der Waals surface area contributed by atoms with Gasteiger partial charge in [0.1, 0.15) is 17.2 Å². The molecule has 2 aromatic rings. The number of carbonyl (C=O) groups excluding carboxylic acids is 2. The zero-order valence-electron chi connectivity index (χ0n) is 14.1. The molecule has 0 aromatic heterocycles. The van der Waals surface area contributed by atoms with Crippen LogP contribution in [0.15, 0.2) is 47.4 Å². The Bertz CT molecular complexity index is 823. The summed E-state index contributed by atoms with van der Waals surface area (Å²) in [7, 11) is 0. The second-order valence-corrected chi connectivity index (χ2v) is 7.38. The molecule has 1 atom stereocenters. The van der Waals surface area contributed by atoms with Gasteiger partial charge in [-0.05, 0) is 30.7 Å². The lowest BCUT2D eigenvalue weighted by Gasteiger charge is -2.22. The SMILES string of the molecule is CC1CCN(C(=O)COC(=O)c2c(F)cccc2F)c2ccccc2S1. The number of esters is 1. The van der Waals surface area contributed by atoms with Gasteiger partial charge < -0.3 is 9.64 Å². The molecule has 1 amide bonds. The third-order valence-electron chi connectivity index (χ3n) is 4.04. The summed E-state index contributed by atoms with van der Waals surface area (Å²) in [5.41, 5.74) is -0.0410. The van der Waals surface area contributed by atoms with E-state index in [9.17, 15) is 18.4 Å². The molecule has 1 heterocycles. The number of hydrogen-bond donors (Lipinski definition) is 0. The molecule has 0 N–H and O–H groups in total. The van der Waals surface area contributed by atoms with Crippen molar-refractivity contribution in [1.82, 2.24) is 0 Å². The van der Waals surface area contributed by atoms with Crippen LogP contribution in [0.5, 0.6) is 0 Å². The fourth-order valence-electron chi connectivity index (χ4n) is 2.72. The predicted molar refractivity (Wildman–Crippen MR) is 95.4 cm³/mol. The molecule has 2 aromatic carbocycles. The molecule has 1 unspecified atom stereocenters. The summed E-state index contributed by atoms with van der Waals surface area (Å²) in [6, 6.07) is 10.6. The third kappa shape index (κ3) is 3.88. The Labute approximate surface area is 154 Å². The highest BCUT2D eigenvalue weighted by Gasteiger charge is 2.26. The zero-order valence-corrected chi connectivity index (χ0v) is 14.9. The van der Waals surface area contributed by atoms with E-state index in [0.29, 0.717) is 11.8 Å². The Morgan fingerprint density at radius 1 is 1.15 bits per heavy atom. The molecule has 0 spiro atoms. The van der Waals surface area contributed by atoms with Gasteiger partial charge in [0.2, 0.25) is 0 Å². The fraction of sp³-hybridized carbons (Fsp3) is 0.263. The fourth-order valence-corrected chi connectivity index (χ4v) is 3.83. The average Bonchev–Trinajstić information content (AvgIpc) is 2.77. The van der Waals surface area contributed by atoms with Crippen molar-refractivity contribution in [2.45, 2.75) is 23.5 Å². The first-order valence-corrected chi connectivity index (χ1v) is 9.02. The van der Waals surface area contributed by atoms with E-state index in [1.54, 1.807) is 16.7 Å². The van der Waals surface area contributed by atoms with Crippen molar-refractivity contribution in [3.63, 3.8) is 0 Å². The molecule has 7 heteroatoms. The average molecular weight is 377 g/mol. The van der Waals surface area contributed by atoms with Gasteiger partial charge in [-0.15, -0.1) is 11.8 Å². The number of carbonyl (C=O) groups is 2. The monoisotopic (exact) mass is 377 g/mol. The Kier molecular flexibility index (Phi) is 5.56. The van der Waals surface area contributed by atoms with Crippen LogP contribution in [-0.4, -0.2) is 30.3 Å². The van der Waals surface area contributed by atoms with Crippen molar-refractivity contribution in [2.75, 3.05) is 18.1 Å². The maximum Gasteiger partial charge on any atom is 0.344 e. The smallest absolute Gasteiger partial charge is 0.344 e. The number of fused-ring (bicyclic) bond motifs is 1. The predicted octanol–water partition coefficient (Wildman–Crippen LogP) is 4.04. The number of ether oxygens (including phenoxy) is 1. The van der Waals surface area contributed by atoms with Gasteiger partial charge in [-0.3, -0.25) is 4.79 Å². The maximum absolute atomic E-state index is 13.6. The molecule has 0 bridgehead atoms. The van der Waals surface area contributed by atoms with Gasteiger partial charge in [0, 0.05) is 16.7 Å². The molecule has 3 rings (SSSR count). The molecule has 26 heavy (non-hydrogen) atoms. The zero-order chi connectivity index (χ0) is 18.7. The molecule has 0 saturated heterocycles. The van der Waals surface area contributed by atoms with E-state index >= 15 is 0 Å². The number of halogens is 2. The van der Waals surface area contributed by atoms with Gasteiger partial charge in [-0.1, -0.05) is 25.1 Å². The third-order valence-corrected chi connectivity index (χ3v) is 5.28. The molecule has 136 valence electrons. The van der Waals surface area contributed by atoms with Gasteiger partial charge in [0.25, 0.3) is 5.91 Å². The first kappa shape index (κ1) is 18.4. The van der Waals surface area contributed by atoms with E-state index in [0.717, 1.165) is 35.2 Å². The molecule has 0 fully saturated rings. The summed E-state index contributed by atoms with van der Waals surface area (Å²) < 4.78 is 32.1. The van der Waals surface area contributed by atoms with E-state index < -0.39 is 35.7 Å². The lowest BCUT2D eigenvalue weighted by molar-refractivity contribution is -0.121. The number of rotatable bonds is 3. The van der Waals surface area contributed by atoms with Crippen LogP contribution in [-0.2, 0) is 9.53 Å². The van der Waals surface area contributed by atoms with Crippen molar-refractivity contribution < 1.29 is 23.1 Å². The van der Waals surface area contributed by atoms with Crippen LogP contribution in [0, 0.1) is 11.6 Å². The van der Waals surface area contributed by atoms with E-state index in [1.165, 1.54) is 0 Å². The second-order valence-electron chi connectivity index (χ2n) is 5.90. The lowest BCUT2D eigenvalue weighted by Crippen LogP contribution is -2.36. The van der Waals surface area contributed by atoms with Crippen LogP contribution in [0.2, 0.25) is 0 Å². The van der Waals surface area contributed by atoms with E-state index in [2.05, 4.69) is 6.92 Å². The molecular formula is C19H17F2NO3S. The Balaban J connectivity index is 1.73. The minimum atomic E-state index is -1.19. The molecule has 0 aliphatic carbocycles. The Morgan fingerprint density at radius 3 is 2.58 bits per heavy atom. The highest BCUT2D eigenvalue weighted by atomic mass is 32.2. The first-order chi connectivity index (χ1) is 12.5. The molecule has 0 radical (unpaired) electrons. The molecule has 1 aliphatic heterocycles. The number of para-hydroxylation sites is 1. The quantitative estimate of drug-likeness (QED) is 0.758. The summed E-state index contributed by atoms with van der Waals surface area (Å²) in [5, 5.41) is 0.337. The van der Waals surface area contributed by atoms with Crippen LogP contribution in [0.4, 0.5) is 14.5 Å². The highest BCUT2D eigenvalue weighted by Crippen LogP contribution is 2.37. The van der Waals surface area contributed by atoms with Gasteiger partial charge in [-0.2, -0.15) is 0 Å². The van der Waals surface area contributed by atoms with Gasteiger partial charge in [-0.25, -0.2) is 13.6 Å². The van der Waals surface area contributed by atoms with Crippen LogP contribution in [0.3, 0.4) is 0 Å². The van der Waals surface area contributed by atoms with Gasteiger partial charge in [0.15, 0.2) is 6.61 Å². The van der Waals surface area contributed by atoms with Crippen LogP contribution in [0.25, 0.3) is 0 Å². The summed E-state index contributed by atoms with van der Waals surface area (Å²) in [4.78, 5) is 27.1. The van der Waals surface area contributed by atoms with Crippen molar-refractivity contribution in [3.8, 4) is 0 Å². The van der Waals surface area contributed by atoms with Crippen molar-refractivity contribution in [2.24, 2.45) is 0 Å². The number of hydrogen-bond acceptors (Lipinski definition) is 4. The summed E-state index contributed by atoms with van der Waals surface area (Å²) >= 11 is 1.68. The minimum Gasteiger partial charge on any atom is -0.452 e. The van der Waals surface area contributed by atoms with Gasteiger partial charge in [0.05, 0.1) is 5.69 Å². The first-order valence-electron chi connectivity index (χ1n) is 8.14. The van der Waals surface area contributed by atoms with E-state index in [1.807, 2.05) is 24.3 Å². The molecule has 0 saturated carbocycles. The maximum atomic E-state index is 13.6. The van der Waals surface area contributed by atoms with Crippen LogP contribution in [0.1, 0.15) is 23.7 Å². The van der Waals surface area contributed by atoms with E-state index in [4.69, 9.17) is 4.74 Å². The summed E-state index contributed by atoms with van der Waals surface area (Å²) in [6.07, 6.45) is 0.779. The topological polar surface area (TPSA) is 46.6 Å². The largest absolute Gasteiger partial charge is 0.452 e. The summed E-state index contributed by atoms with van der Waals surface area (Å²) in [5.74, 6) is -3.67. The number of benzene rings is 2. The molecular weight excluding hydrogens is 360 g/mol. The van der Waals surface area contributed by atoms with Crippen molar-refractivity contribution in [1.29, 1.82) is 0 Å². The van der Waals surface area contributed by atoms with Gasteiger partial charge >= 0.3 is 5.97 Å². The minimum absolute atomic E-state index is 0.337. The number of amides is 1. The van der Waals surface area contributed by atoms with E-state index in [-0.39, 0.29) is 0 Å². The van der Waals surface area contributed by atoms with Crippen molar-refractivity contribution in [3.05, 3.63) is 59.7 Å².